The number of rotatable bonds is 4. The molecule has 2 heterocycles. The molecule has 0 radical (unpaired) electrons. The Morgan fingerprint density at radius 2 is 1.82 bits per heavy atom. The molecule has 6 heteroatoms. The van der Waals surface area contributed by atoms with Gasteiger partial charge in [-0.05, 0) is 72.6 Å². The third kappa shape index (κ3) is 3.26. The van der Waals surface area contributed by atoms with E-state index in [1.807, 2.05) is 73.5 Å². The Bertz CT molecular complexity index is 1630. The first-order valence-corrected chi connectivity index (χ1v) is 14.3. The molecule has 198 valence electrons. The average Bonchev–Trinajstić information content (AvgIpc) is 3.60. The molecule has 7 rings (SSSR count). The molecular formula is C33H31ClN2O3. The van der Waals surface area contributed by atoms with E-state index in [-0.39, 0.29) is 30.3 Å². The summed E-state index contributed by atoms with van der Waals surface area (Å²) in [7, 11) is 2.04. The molecule has 1 aliphatic heterocycles. The number of carbonyl (C=O) groups excluding carboxylic acids is 2. The molecule has 4 aromatic rings. The normalized spacial score (nSPS) is 25.2. The van der Waals surface area contributed by atoms with Gasteiger partial charge in [0, 0.05) is 34.4 Å². The minimum absolute atomic E-state index is 0.00909. The van der Waals surface area contributed by atoms with Crippen molar-refractivity contribution in [2.75, 3.05) is 11.5 Å². The van der Waals surface area contributed by atoms with Crippen LogP contribution in [0, 0.1) is 11.8 Å². The number of aryl methyl sites for hydroxylation is 1. The lowest BCUT2D eigenvalue weighted by atomic mass is 9.56. The maximum absolute atomic E-state index is 15.2. The lowest BCUT2D eigenvalue weighted by Gasteiger charge is -2.46. The summed E-state index contributed by atoms with van der Waals surface area (Å²) < 4.78 is 7.97. The molecule has 5 nitrogen and oxygen atoms in total. The Morgan fingerprint density at radius 3 is 2.62 bits per heavy atom. The number of nitrogens with zero attached hydrogens (tertiary/aromatic N) is 2. The van der Waals surface area contributed by atoms with Crippen LogP contribution in [0.1, 0.15) is 54.5 Å². The molecule has 1 amide bonds. The molecule has 0 unspecified atom stereocenters. The zero-order valence-electron chi connectivity index (χ0n) is 22.2. The minimum Gasteiger partial charge on any atom is -0.466 e. The summed E-state index contributed by atoms with van der Waals surface area (Å²) in [6, 6.07) is 24.1. The second-order valence-electron chi connectivity index (χ2n) is 11.1. The Kier molecular flexibility index (Phi) is 5.64. The van der Waals surface area contributed by atoms with Crippen LogP contribution in [0.2, 0.25) is 5.02 Å². The van der Waals surface area contributed by atoms with E-state index in [1.54, 1.807) is 0 Å². The van der Waals surface area contributed by atoms with Gasteiger partial charge in [0.1, 0.15) is 5.41 Å². The monoisotopic (exact) mass is 538 g/mol. The van der Waals surface area contributed by atoms with Gasteiger partial charge in [-0.3, -0.25) is 9.59 Å². The number of esters is 1. The second-order valence-corrected chi connectivity index (χ2v) is 11.6. The largest absolute Gasteiger partial charge is 0.466 e. The van der Waals surface area contributed by atoms with Crippen molar-refractivity contribution < 1.29 is 14.3 Å². The lowest BCUT2D eigenvalue weighted by molar-refractivity contribution is -0.156. The molecular weight excluding hydrogens is 508 g/mol. The predicted octanol–water partition coefficient (Wildman–Crippen LogP) is 6.74. The van der Waals surface area contributed by atoms with Crippen molar-refractivity contribution in [2.24, 2.45) is 18.9 Å². The third-order valence-electron chi connectivity index (χ3n) is 9.34. The van der Waals surface area contributed by atoms with Crippen molar-refractivity contribution in [3.8, 4) is 0 Å². The molecule has 1 spiro atoms. The van der Waals surface area contributed by atoms with Gasteiger partial charge in [-0.15, -0.1) is 0 Å². The van der Waals surface area contributed by atoms with E-state index < -0.39 is 11.3 Å². The zero-order valence-corrected chi connectivity index (χ0v) is 22.9. The molecule has 0 saturated heterocycles. The van der Waals surface area contributed by atoms with Gasteiger partial charge < -0.3 is 14.2 Å². The number of hydrogen-bond donors (Lipinski definition) is 0. The van der Waals surface area contributed by atoms with Crippen molar-refractivity contribution in [3.63, 3.8) is 0 Å². The third-order valence-corrected chi connectivity index (χ3v) is 9.57. The van der Waals surface area contributed by atoms with Crippen molar-refractivity contribution in [2.45, 2.75) is 44.1 Å². The van der Waals surface area contributed by atoms with E-state index >= 15 is 4.79 Å². The van der Waals surface area contributed by atoms with Gasteiger partial charge in [0.05, 0.1) is 19.1 Å². The summed E-state index contributed by atoms with van der Waals surface area (Å²) in [5, 5.41) is 1.73. The van der Waals surface area contributed by atoms with Crippen LogP contribution in [-0.2, 0) is 33.3 Å². The van der Waals surface area contributed by atoms with E-state index in [2.05, 4.69) is 22.8 Å². The van der Waals surface area contributed by atoms with Crippen LogP contribution >= 0.6 is 11.6 Å². The Hall–Kier alpha value is -3.57. The number of aromatic nitrogens is 1. The molecule has 2 aliphatic carbocycles. The number of para-hydroxylation sites is 1. The van der Waals surface area contributed by atoms with Crippen LogP contribution in [0.25, 0.3) is 10.9 Å². The second kappa shape index (κ2) is 8.99. The molecule has 0 N–H and O–H groups in total. The van der Waals surface area contributed by atoms with Crippen LogP contribution in [0.5, 0.6) is 0 Å². The van der Waals surface area contributed by atoms with Crippen LogP contribution in [0.15, 0.2) is 72.8 Å². The SMILES string of the molecule is CCOC(=O)[C@H]1[C@@H]2CCC[C@@H]2c2c(n(C)c3ccccc23)[C@]12C(=O)N(Cc1ccccc1)c1ccc(Cl)cc12. The van der Waals surface area contributed by atoms with Crippen LogP contribution in [-0.4, -0.2) is 23.1 Å². The van der Waals surface area contributed by atoms with E-state index in [4.69, 9.17) is 16.3 Å². The van der Waals surface area contributed by atoms with Crippen LogP contribution in [0.4, 0.5) is 5.69 Å². The number of halogens is 1. The van der Waals surface area contributed by atoms with E-state index in [0.29, 0.717) is 11.6 Å². The van der Waals surface area contributed by atoms with Crippen LogP contribution in [0.3, 0.4) is 0 Å². The molecule has 1 saturated carbocycles. The number of amides is 1. The molecule has 1 aromatic heterocycles. The van der Waals surface area contributed by atoms with Gasteiger partial charge >= 0.3 is 5.97 Å². The summed E-state index contributed by atoms with van der Waals surface area (Å²) in [5.41, 5.74) is 4.65. The lowest BCUT2D eigenvalue weighted by Crippen LogP contribution is -2.56. The topological polar surface area (TPSA) is 51.5 Å². The number of ether oxygens (including phenoxy) is 1. The number of carbonyl (C=O) groups is 2. The highest BCUT2D eigenvalue weighted by Crippen LogP contribution is 2.64. The highest BCUT2D eigenvalue weighted by atomic mass is 35.5. The zero-order chi connectivity index (χ0) is 26.9. The fraction of sp³-hybridized carbons (Fsp3) is 0.333. The van der Waals surface area contributed by atoms with Gasteiger partial charge in [0.25, 0.3) is 0 Å². The minimum atomic E-state index is -1.23. The molecule has 3 aliphatic rings. The first-order valence-electron chi connectivity index (χ1n) is 13.9. The van der Waals surface area contributed by atoms with Gasteiger partial charge in [-0.2, -0.15) is 0 Å². The van der Waals surface area contributed by atoms with Gasteiger partial charge in [-0.25, -0.2) is 0 Å². The standard InChI is InChI=1S/C33H31ClN2O3/c1-3-39-31(37)29-23-14-9-13-22(23)28-24-12-7-8-15-26(24)35(2)30(28)33(29)25-18-21(34)16-17-27(25)36(32(33)38)19-20-10-5-4-6-11-20/h4-8,10-12,15-18,22-23,29H,3,9,13-14,19H2,1-2H3/t22-,23+,29+,33+/m0/s1. The number of fused-ring (bicyclic) bond motifs is 8. The van der Waals surface area contributed by atoms with Gasteiger partial charge in [0.15, 0.2) is 0 Å². The van der Waals surface area contributed by atoms with Crippen molar-refractivity contribution in [1.82, 2.24) is 4.57 Å². The maximum Gasteiger partial charge on any atom is 0.311 e. The summed E-state index contributed by atoms with van der Waals surface area (Å²) in [5.74, 6) is -0.782. The van der Waals surface area contributed by atoms with Crippen molar-refractivity contribution >= 4 is 40.1 Å². The molecule has 4 atom stereocenters. The molecule has 3 aromatic carbocycles. The van der Waals surface area contributed by atoms with Gasteiger partial charge in [-0.1, -0.05) is 66.6 Å². The van der Waals surface area contributed by atoms with Crippen molar-refractivity contribution in [1.29, 1.82) is 0 Å². The van der Waals surface area contributed by atoms with Gasteiger partial charge in [0.2, 0.25) is 5.91 Å². The summed E-state index contributed by atoms with van der Waals surface area (Å²) >= 11 is 6.67. The average molecular weight is 539 g/mol. The first-order chi connectivity index (χ1) is 19.0. The Balaban J connectivity index is 1.58. The van der Waals surface area contributed by atoms with Crippen LogP contribution < -0.4 is 4.90 Å². The van der Waals surface area contributed by atoms with Crippen molar-refractivity contribution in [3.05, 3.63) is 100 Å². The molecule has 1 fully saturated rings. The quantitative estimate of drug-likeness (QED) is 0.270. The maximum atomic E-state index is 15.2. The van der Waals surface area contributed by atoms with E-state index in [0.717, 1.165) is 47.3 Å². The fourth-order valence-corrected chi connectivity index (χ4v) is 8.19. The molecule has 0 bridgehead atoms. The molecule has 39 heavy (non-hydrogen) atoms. The Labute approximate surface area is 233 Å². The predicted molar refractivity (Wildman–Crippen MR) is 153 cm³/mol. The fourth-order valence-electron chi connectivity index (χ4n) is 8.02. The summed E-state index contributed by atoms with van der Waals surface area (Å²) in [6.07, 6.45) is 2.91. The summed E-state index contributed by atoms with van der Waals surface area (Å²) in [6.45, 7) is 2.53. The Morgan fingerprint density at radius 1 is 1.05 bits per heavy atom. The highest BCUT2D eigenvalue weighted by Gasteiger charge is 2.67. The van der Waals surface area contributed by atoms with E-state index in [1.165, 1.54) is 10.9 Å². The number of anilines is 1. The first kappa shape index (κ1) is 24.5. The number of benzene rings is 3. The summed E-state index contributed by atoms with van der Waals surface area (Å²) in [4.78, 5) is 31.2. The highest BCUT2D eigenvalue weighted by molar-refractivity contribution is 6.31. The number of hydrogen-bond acceptors (Lipinski definition) is 3. The van der Waals surface area contributed by atoms with E-state index in [9.17, 15) is 4.79 Å². The smallest absolute Gasteiger partial charge is 0.311 e.